The number of aliphatic imine (C=N–C) groups is 1. The minimum atomic E-state index is 0.480. The topological polar surface area (TPSA) is 41.8 Å². The van der Waals surface area contributed by atoms with Crippen molar-refractivity contribution in [1.82, 2.24) is 0 Å². The molecule has 0 rings (SSSR count). The lowest BCUT2D eigenvalue weighted by Gasteiger charge is -1.96. The van der Waals surface area contributed by atoms with Crippen molar-refractivity contribution >= 4 is 5.84 Å². The SMILES string of the molecule is CCCCCCC(N=O)=NCC. The van der Waals surface area contributed by atoms with Crippen LogP contribution in [-0.2, 0) is 0 Å². The molecule has 3 nitrogen and oxygen atoms in total. The van der Waals surface area contributed by atoms with Crippen LogP contribution in [0.5, 0.6) is 0 Å². The Morgan fingerprint density at radius 1 is 1.17 bits per heavy atom. The maximum absolute atomic E-state index is 10.2. The zero-order chi connectivity index (χ0) is 9.23. The van der Waals surface area contributed by atoms with E-state index in [-0.39, 0.29) is 0 Å². The molecule has 0 radical (unpaired) electrons. The van der Waals surface area contributed by atoms with Crippen LogP contribution >= 0.6 is 0 Å². The number of nitroso groups, excluding NO2 is 1. The average Bonchev–Trinajstić information content (AvgIpc) is 2.10. The molecule has 12 heavy (non-hydrogen) atoms. The fraction of sp³-hybridized carbons (Fsp3) is 0.889. The summed E-state index contributed by atoms with van der Waals surface area (Å²) in [4.78, 5) is 14.2. The van der Waals surface area contributed by atoms with E-state index >= 15 is 0 Å². The lowest BCUT2D eigenvalue weighted by molar-refractivity contribution is 0.681. The first kappa shape index (κ1) is 11.3. The summed E-state index contributed by atoms with van der Waals surface area (Å²) in [7, 11) is 0. The molecular formula is C9H18N2O. The van der Waals surface area contributed by atoms with Crippen LogP contribution in [0, 0.1) is 4.91 Å². The number of nitrogens with zero attached hydrogens (tertiary/aromatic N) is 2. The lowest BCUT2D eigenvalue weighted by Crippen LogP contribution is -1.93. The Hall–Kier alpha value is -0.730. The third kappa shape index (κ3) is 6.01. The number of hydrogen-bond acceptors (Lipinski definition) is 2. The van der Waals surface area contributed by atoms with Crippen molar-refractivity contribution in [2.75, 3.05) is 6.54 Å². The molecule has 0 aliphatic carbocycles. The van der Waals surface area contributed by atoms with Crippen molar-refractivity contribution in [2.24, 2.45) is 10.2 Å². The molecule has 0 saturated heterocycles. The molecule has 0 aromatic rings. The van der Waals surface area contributed by atoms with Crippen LogP contribution in [0.25, 0.3) is 0 Å². The Balaban J connectivity index is 3.45. The quantitative estimate of drug-likeness (QED) is 0.261. The smallest absolute Gasteiger partial charge is 0.168 e. The van der Waals surface area contributed by atoms with Crippen molar-refractivity contribution in [2.45, 2.75) is 46.0 Å². The summed E-state index contributed by atoms with van der Waals surface area (Å²) in [5, 5.41) is 2.88. The van der Waals surface area contributed by atoms with E-state index in [2.05, 4.69) is 17.1 Å². The normalized spacial score (nSPS) is 11.7. The maximum Gasteiger partial charge on any atom is 0.168 e. The average molecular weight is 170 g/mol. The second kappa shape index (κ2) is 8.37. The molecule has 0 amide bonds. The second-order valence-corrected chi connectivity index (χ2v) is 2.79. The van der Waals surface area contributed by atoms with E-state index in [1.54, 1.807) is 0 Å². The van der Waals surface area contributed by atoms with Gasteiger partial charge in [0.15, 0.2) is 5.84 Å². The van der Waals surface area contributed by atoms with E-state index in [1.807, 2.05) is 6.92 Å². The highest BCUT2D eigenvalue weighted by Crippen LogP contribution is 2.04. The predicted molar refractivity (Wildman–Crippen MR) is 52.5 cm³/mol. The van der Waals surface area contributed by atoms with Crippen molar-refractivity contribution in [3.63, 3.8) is 0 Å². The Morgan fingerprint density at radius 3 is 2.42 bits per heavy atom. The van der Waals surface area contributed by atoms with Gasteiger partial charge in [-0.1, -0.05) is 26.2 Å². The molecule has 0 saturated carbocycles. The van der Waals surface area contributed by atoms with Gasteiger partial charge in [-0.15, -0.1) is 4.91 Å². The highest BCUT2D eigenvalue weighted by molar-refractivity contribution is 5.82. The van der Waals surface area contributed by atoms with Gasteiger partial charge in [0.2, 0.25) is 0 Å². The lowest BCUT2D eigenvalue weighted by atomic mass is 10.1. The largest absolute Gasteiger partial charge is 0.268 e. The number of amidine groups is 1. The first-order chi connectivity index (χ1) is 5.85. The Labute approximate surface area is 74.2 Å². The highest BCUT2D eigenvalue weighted by Gasteiger charge is 1.96. The summed E-state index contributed by atoms with van der Waals surface area (Å²) in [6.07, 6.45) is 5.41. The van der Waals surface area contributed by atoms with Crippen molar-refractivity contribution < 1.29 is 0 Å². The van der Waals surface area contributed by atoms with E-state index in [1.165, 1.54) is 19.3 Å². The van der Waals surface area contributed by atoms with Crippen LogP contribution in [-0.4, -0.2) is 12.4 Å². The molecule has 0 aromatic heterocycles. The highest BCUT2D eigenvalue weighted by atomic mass is 16.3. The molecule has 0 atom stereocenters. The Bertz CT molecular complexity index is 143. The van der Waals surface area contributed by atoms with Crippen LogP contribution in [0.15, 0.2) is 10.2 Å². The number of unbranched alkanes of at least 4 members (excludes halogenated alkanes) is 3. The van der Waals surface area contributed by atoms with Gasteiger partial charge >= 0.3 is 0 Å². The molecule has 3 heteroatoms. The summed E-state index contributed by atoms with van der Waals surface area (Å²) in [5.41, 5.74) is 0. The summed E-state index contributed by atoms with van der Waals surface area (Å²) in [6.45, 7) is 4.74. The van der Waals surface area contributed by atoms with Gasteiger partial charge in [-0.05, 0) is 18.5 Å². The van der Waals surface area contributed by atoms with Crippen LogP contribution in [0.2, 0.25) is 0 Å². The van der Waals surface area contributed by atoms with Crippen molar-refractivity contribution in [1.29, 1.82) is 0 Å². The van der Waals surface area contributed by atoms with Crippen LogP contribution < -0.4 is 0 Å². The molecule has 0 N–H and O–H groups in total. The fourth-order valence-electron chi connectivity index (χ4n) is 1.05. The van der Waals surface area contributed by atoms with Gasteiger partial charge < -0.3 is 0 Å². The van der Waals surface area contributed by atoms with Crippen molar-refractivity contribution in [3.05, 3.63) is 4.91 Å². The van der Waals surface area contributed by atoms with Gasteiger partial charge in [-0.3, -0.25) is 4.99 Å². The molecule has 0 fully saturated rings. The van der Waals surface area contributed by atoms with Gasteiger partial charge in [0.25, 0.3) is 0 Å². The zero-order valence-corrected chi connectivity index (χ0v) is 8.05. The van der Waals surface area contributed by atoms with Crippen molar-refractivity contribution in [3.8, 4) is 0 Å². The summed E-state index contributed by atoms with van der Waals surface area (Å²) in [6, 6.07) is 0. The van der Waals surface area contributed by atoms with Crippen LogP contribution in [0.1, 0.15) is 46.0 Å². The first-order valence-corrected chi connectivity index (χ1v) is 4.71. The number of hydrogen-bond donors (Lipinski definition) is 0. The maximum atomic E-state index is 10.2. The van der Waals surface area contributed by atoms with Crippen LogP contribution in [0.3, 0.4) is 0 Å². The van der Waals surface area contributed by atoms with Gasteiger partial charge in [-0.25, -0.2) is 0 Å². The van der Waals surface area contributed by atoms with E-state index in [4.69, 9.17) is 0 Å². The fourth-order valence-corrected chi connectivity index (χ4v) is 1.05. The van der Waals surface area contributed by atoms with Gasteiger partial charge in [0.05, 0.1) is 0 Å². The predicted octanol–water partition coefficient (Wildman–Crippen LogP) is 3.14. The standard InChI is InChI=1S/C9H18N2O/c1-3-5-6-7-8-9(11-12)10-4-2/h3-8H2,1-2H3. The molecule has 0 unspecified atom stereocenters. The molecule has 0 aromatic carbocycles. The monoisotopic (exact) mass is 170 g/mol. The molecule has 0 aliphatic rings. The van der Waals surface area contributed by atoms with E-state index < -0.39 is 0 Å². The Morgan fingerprint density at radius 2 is 1.92 bits per heavy atom. The van der Waals surface area contributed by atoms with Gasteiger partial charge in [-0.2, -0.15) is 0 Å². The molecule has 0 spiro atoms. The Kier molecular flexibility index (Phi) is 7.86. The zero-order valence-electron chi connectivity index (χ0n) is 8.05. The minimum absolute atomic E-state index is 0.480. The molecule has 0 aliphatic heterocycles. The van der Waals surface area contributed by atoms with Crippen LogP contribution in [0.4, 0.5) is 0 Å². The second-order valence-electron chi connectivity index (χ2n) is 2.79. The summed E-state index contributed by atoms with van der Waals surface area (Å²) >= 11 is 0. The summed E-state index contributed by atoms with van der Waals surface area (Å²) < 4.78 is 0. The van der Waals surface area contributed by atoms with E-state index in [9.17, 15) is 4.91 Å². The van der Waals surface area contributed by atoms with Gasteiger partial charge in [0.1, 0.15) is 0 Å². The molecule has 70 valence electrons. The third-order valence-electron chi connectivity index (χ3n) is 1.70. The number of rotatable bonds is 6. The van der Waals surface area contributed by atoms with E-state index in [0.717, 1.165) is 12.8 Å². The van der Waals surface area contributed by atoms with E-state index in [0.29, 0.717) is 12.4 Å². The minimum Gasteiger partial charge on any atom is -0.268 e. The first-order valence-electron chi connectivity index (χ1n) is 4.71. The summed E-state index contributed by atoms with van der Waals surface area (Å²) in [5.74, 6) is 0.480. The molecular weight excluding hydrogens is 152 g/mol. The molecule has 0 heterocycles. The molecule has 0 bridgehead atoms. The third-order valence-corrected chi connectivity index (χ3v) is 1.70. The van der Waals surface area contributed by atoms with Gasteiger partial charge in [0, 0.05) is 13.0 Å².